The Morgan fingerprint density at radius 3 is 2.48 bits per heavy atom. The first-order valence-corrected chi connectivity index (χ1v) is 9.12. The minimum atomic E-state index is -0.429. The van der Waals surface area contributed by atoms with E-state index in [9.17, 15) is 14.0 Å². The number of piperidine rings is 1. The van der Waals surface area contributed by atoms with E-state index in [-0.39, 0.29) is 23.4 Å². The number of halogens is 1. The average molecular weight is 366 g/mol. The number of hydrogen-bond donors (Lipinski definition) is 1. The van der Waals surface area contributed by atoms with Crippen molar-refractivity contribution in [1.82, 2.24) is 4.90 Å². The third-order valence-electron chi connectivity index (χ3n) is 4.78. The molecule has 0 saturated carbocycles. The van der Waals surface area contributed by atoms with E-state index >= 15 is 0 Å². The maximum absolute atomic E-state index is 13.9. The summed E-state index contributed by atoms with van der Waals surface area (Å²) in [7, 11) is 0. The fraction of sp³-hybridized carbons (Fsp3) is 0.273. The molecule has 1 saturated heterocycles. The summed E-state index contributed by atoms with van der Waals surface area (Å²) < 4.78 is 13.9. The van der Waals surface area contributed by atoms with Crippen molar-refractivity contribution in [3.05, 3.63) is 71.6 Å². The van der Waals surface area contributed by atoms with Gasteiger partial charge in [-0.15, -0.1) is 0 Å². The third-order valence-corrected chi connectivity index (χ3v) is 4.78. The molecule has 2 amide bonds. The summed E-state index contributed by atoms with van der Waals surface area (Å²) in [4.78, 5) is 26.4. The van der Waals surface area contributed by atoms with E-state index in [2.05, 4.69) is 5.32 Å². The predicted octanol–water partition coefficient (Wildman–Crippen LogP) is 4.02. The zero-order chi connectivity index (χ0) is 19.2. The van der Waals surface area contributed by atoms with E-state index < -0.39 is 5.82 Å². The van der Waals surface area contributed by atoms with E-state index in [1.165, 1.54) is 6.07 Å². The van der Waals surface area contributed by atoms with E-state index in [1.807, 2.05) is 30.3 Å². The molecule has 0 unspecified atom stereocenters. The highest BCUT2D eigenvalue weighted by Gasteiger charge is 2.27. The molecule has 1 fully saturated rings. The molecule has 0 atom stereocenters. The van der Waals surface area contributed by atoms with Crippen LogP contribution >= 0.6 is 0 Å². The Bertz CT molecular complexity index is 841. The number of anilines is 1. The van der Waals surface area contributed by atoms with Crippen molar-refractivity contribution in [2.24, 2.45) is 5.92 Å². The van der Waals surface area contributed by atoms with Gasteiger partial charge in [0.15, 0.2) is 0 Å². The number of carbonyl (C=O) groups is 2. The van der Waals surface area contributed by atoms with Gasteiger partial charge in [-0.2, -0.15) is 0 Å². The predicted molar refractivity (Wildman–Crippen MR) is 105 cm³/mol. The maximum Gasteiger partial charge on any atom is 0.246 e. The lowest BCUT2D eigenvalue weighted by atomic mass is 9.95. The van der Waals surface area contributed by atoms with Crippen LogP contribution in [0.25, 0.3) is 6.08 Å². The van der Waals surface area contributed by atoms with Gasteiger partial charge in [0.1, 0.15) is 5.82 Å². The van der Waals surface area contributed by atoms with Gasteiger partial charge in [0, 0.05) is 25.1 Å². The molecule has 140 valence electrons. The van der Waals surface area contributed by atoms with E-state index in [4.69, 9.17) is 0 Å². The molecule has 5 heteroatoms. The molecule has 1 aliphatic heterocycles. The summed E-state index contributed by atoms with van der Waals surface area (Å²) in [5.41, 5.74) is 1.98. The zero-order valence-corrected chi connectivity index (χ0v) is 15.3. The maximum atomic E-state index is 13.9. The van der Waals surface area contributed by atoms with Gasteiger partial charge in [-0.25, -0.2) is 4.39 Å². The van der Waals surface area contributed by atoms with Crippen molar-refractivity contribution in [3.63, 3.8) is 0 Å². The molecule has 0 spiro atoms. The van der Waals surface area contributed by atoms with Crippen LogP contribution in [-0.2, 0) is 9.59 Å². The molecule has 2 aromatic carbocycles. The van der Waals surface area contributed by atoms with Crippen molar-refractivity contribution >= 4 is 23.6 Å². The second kappa shape index (κ2) is 8.62. The standard InChI is InChI=1S/C22H23FN2O2/c1-16-7-9-20(19(23)15-16)24-22(27)18-11-13-25(14-12-18)21(26)10-8-17-5-3-2-4-6-17/h2-10,15,18H,11-14H2,1H3,(H,24,27)/b10-8+. The Morgan fingerprint density at radius 2 is 1.81 bits per heavy atom. The SMILES string of the molecule is Cc1ccc(NC(=O)C2CCN(C(=O)/C=C/c3ccccc3)CC2)c(F)c1. The van der Waals surface area contributed by atoms with E-state index in [0.717, 1.165) is 11.1 Å². The summed E-state index contributed by atoms with van der Waals surface area (Å²) >= 11 is 0. The fourth-order valence-corrected chi connectivity index (χ4v) is 3.16. The monoisotopic (exact) mass is 366 g/mol. The number of carbonyl (C=O) groups excluding carboxylic acids is 2. The lowest BCUT2D eigenvalue weighted by Gasteiger charge is -2.30. The number of nitrogens with zero attached hydrogens (tertiary/aromatic N) is 1. The molecular formula is C22H23FN2O2. The van der Waals surface area contributed by atoms with Crippen molar-refractivity contribution in [3.8, 4) is 0 Å². The minimum Gasteiger partial charge on any atom is -0.339 e. The molecule has 0 aliphatic carbocycles. The van der Waals surface area contributed by atoms with Crippen LogP contribution in [0.1, 0.15) is 24.0 Å². The van der Waals surface area contributed by atoms with Gasteiger partial charge < -0.3 is 10.2 Å². The van der Waals surface area contributed by atoms with Gasteiger partial charge in [-0.3, -0.25) is 9.59 Å². The highest BCUT2D eigenvalue weighted by molar-refractivity contribution is 5.94. The summed E-state index contributed by atoms with van der Waals surface area (Å²) in [5, 5.41) is 2.67. The Kier molecular flexibility index (Phi) is 6.01. The van der Waals surface area contributed by atoms with Crippen LogP contribution in [0, 0.1) is 18.7 Å². The number of benzene rings is 2. The molecule has 1 aliphatic rings. The van der Waals surface area contributed by atoms with E-state index in [1.54, 1.807) is 36.1 Å². The average Bonchev–Trinajstić information content (AvgIpc) is 2.69. The number of nitrogens with one attached hydrogen (secondary N) is 1. The minimum absolute atomic E-state index is 0.0534. The van der Waals surface area contributed by atoms with Gasteiger partial charge in [0.2, 0.25) is 11.8 Å². The van der Waals surface area contributed by atoms with Crippen LogP contribution in [0.4, 0.5) is 10.1 Å². The highest BCUT2D eigenvalue weighted by atomic mass is 19.1. The number of rotatable bonds is 4. The second-order valence-electron chi connectivity index (χ2n) is 6.82. The van der Waals surface area contributed by atoms with Gasteiger partial charge in [-0.05, 0) is 49.1 Å². The van der Waals surface area contributed by atoms with Crippen LogP contribution in [0.5, 0.6) is 0 Å². The van der Waals surface area contributed by atoms with Crippen molar-refractivity contribution in [2.45, 2.75) is 19.8 Å². The van der Waals surface area contributed by atoms with Gasteiger partial charge in [-0.1, -0.05) is 36.4 Å². The van der Waals surface area contributed by atoms with E-state index in [0.29, 0.717) is 25.9 Å². The van der Waals surface area contributed by atoms with Gasteiger partial charge in [0.25, 0.3) is 0 Å². The quantitative estimate of drug-likeness (QED) is 0.831. The smallest absolute Gasteiger partial charge is 0.246 e. The summed E-state index contributed by atoms with van der Waals surface area (Å²) in [6.07, 6.45) is 4.51. The number of aryl methyl sites for hydroxylation is 1. The molecule has 27 heavy (non-hydrogen) atoms. The summed E-state index contributed by atoms with van der Waals surface area (Å²) in [6, 6.07) is 14.4. The van der Waals surface area contributed by atoms with Gasteiger partial charge in [0.05, 0.1) is 5.69 Å². The lowest BCUT2D eigenvalue weighted by molar-refractivity contribution is -0.130. The number of amides is 2. The first-order valence-electron chi connectivity index (χ1n) is 9.12. The van der Waals surface area contributed by atoms with Crippen LogP contribution in [0.2, 0.25) is 0 Å². The number of likely N-dealkylation sites (tertiary alicyclic amines) is 1. The fourth-order valence-electron chi connectivity index (χ4n) is 3.16. The molecular weight excluding hydrogens is 343 g/mol. The highest BCUT2D eigenvalue weighted by Crippen LogP contribution is 2.22. The molecule has 0 aromatic heterocycles. The third kappa shape index (κ3) is 5.03. The molecule has 0 radical (unpaired) electrons. The summed E-state index contributed by atoms with van der Waals surface area (Å²) in [6.45, 7) is 2.84. The van der Waals surface area contributed by atoms with Crippen molar-refractivity contribution in [1.29, 1.82) is 0 Å². The molecule has 4 nitrogen and oxygen atoms in total. The van der Waals surface area contributed by atoms with Crippen molar-refractivity contribution in [2.75, 3.05) is 18.4 Å². The Morgan fingerprint density at radius 1 is 1.11 bits per heavy atom. The molecule has 2 aromatic rings. The van der Waals surface area contributed by atoms with Crippen LogP contribution in [0.15, 0.2) is 54.6 Å². The Labute approximate surface area is 158 Å². The van der Waals surface area contributed by atoms with Gasteiger partial charge >= 0.3 is 0 Å². The largest absolute Gasteiger partial charge is 0.339 e. The first kappa shape index (κ1) is 18.8. The lowest BCUT2D eigenvalue weighted by Crippen LogP contribution is -2.40. The Balaban J connectivity index is 1.51. The van der Waals surface area contributed by atoms with Crippen molar-refractivity contribution < 1.29 is 14.0 Å². The topological polar surface area (TPSA) is 49.4 Å². The zero-order valence-electron chi connectivity index (χ0n) is 15.3. The normalized spacial score (nSPS) is 15.1. The molecule has 1 N–H and O–H groups in total. The summed E-state index contributed by atoms with van der Waals surface area (Å²) in [5.74, 6) is -0.887. The molecule has 1 heterocycles. The molecule has 0 bridgehead atoms. The number of hydrogen-bond acceptors (Lipinski definition) is 2. The van der Waals surface area contributed by atoms with Crippen LogP contribution < -0.4 is 5.32 Å². The Hall–Kier alpha value is -2.95. The second-order valence-corrected chi connectivity index (χ2v) is 6.82. The van der Waals surface area contributed by atoms with Crippen LogP contribution in [-0.4, -0.2) is 29.8 Å². The molecule has 3 rings (SSSR count). The van der Waals surface area contributed by atoms with Crippen LogP contribution in [0.3, 0.4) is 0 Å². The first-order chi connectivity index (χ1) is 13.0.